The lowest BCUT2D eigenvalue weighted by atomic mass is 10.1. The predicted octanol–water partition coefficient (Wildman–Crippen LogP) is 5.44. The van der Waals surface area contributed by atoms with Crippen LogP contribution in [-0.4, -0.2) is 0 Å². The Kier molecular flexibility index (Phi) is 3.45. The second-order valence-corrected chi connectivity index (χ2v) is 5.85. The molecular formula is C16H13ClOS. The lowest BCUT2D eigenvalue weighted by Crippen LogP contribution is -1.94. The molecule has 3 heteroatoms. The first-order valence-corrected chi connectivity index (χ1v) is 7.33. The molecule has 0 fully saturated rings. The molecule has 0 N–H and O–H groups in total. The molecule has 0 aliphatic rings. The summed E-state index contributed by atoms with van der Waals surface area (Å²) < 4.78 is 7.11. The van der Waals surface area contributed by atoms with Gasteiger partial charge >= 0.3 is 0 Å². The Morgan fingerprint density at radius 1 is 1.11 bits per heavy atom. The van der Waals surface area contributed by atoms with Crippen LogP contribution in [0.3, 0.4) is 0 Å². The van der Waals surface area contributed by atoms with Crippen molar-refractivity contribution in [2.24, 2.45) is 0 Å². The molecule has 0 bridgehead atoms. The van der Waals surface area contributed by atoms with E-state index in [0.29, 0.717) is 6.61 Å². The highest BCUT2D eigenvalue weighted by molar-refractivity contribution is 7.17. The number of halogens is 1. The summed E-state index contributed by atoms with van der Waals surface area (Å²) in [5, 5.41) is 4.18. The number of rotatable bonds is 3. The molecule has 96 valence electrons. The summed E-state index contributed by atoms with van der Waals surface area (Å²) in [7, 11) is 0. The maximum atomic E-state index is 5.85. The molecule has 1 nitrogen and oxygen atoms in total. The number of thiophene rings is 1. The molecule has 0 saturated heterocycles. The van der Waals surface area contributed by atoms with Gasteiger partial charge in [0.1, 0.15) is 12.4 Å². The van der Waals surface area contributed by atoms with Gasteiger partial charge in [-0.2, -0.15) is 0 Å². The van der Waals surface area contributed by atoms with Crippen LogP contribution in [0.15, 0.2) is 47.8 Å². The molecule has 0 aliphatic carbocycles. The van der Waals surface area contributed by atoms with Crippen LogP contribution in [0.1, 0.15) is 11.1 Å². The maximum Gasteiger partial charge on any atom is 0.119 e. The van der Waals surface area contributed by atoms with E-state index in [4.69, 9.17) is 16.3 Å². The Balaban J connectivity index is 1.81. The van der Waals surface area contributed by atoms with E-state index in [1.165, 1.54) is 21.2 Å². The van der Waals surface area contributed by atoms with E-state index in [-0.39, 0.29) is 0 Å². The fourth-order valence-corrected chi connectivity index (χ4v) is 3.05. The summed E-state index contributed by atoms with van der Waals surface area (Å²) >= 11 is 7.61. The number of fused-ring (bicyclic) bond motifs is 1. The molecule has 19 heavy (non-hydrogen) atoms. The van der Waals surface area contributed by atoms with Crippen molar-refractivity contribution in [2.45, 2.75) is 13.5 Å². The smallest absolute Gasteiger partial charge is 0.119 e. The van der Waals surface area contributed by atoms with Crippen molar-refractivity contribution < 1.29 is 4.74 Å². The lowest BCUT2D eigenvalue weighted by molar-refractivity contribution is 0.308. The third kappa shape index (κ3) is 2.75. The van der Waals surface area contributed by atoms with Gasteiger partial charge in [-0.25, -0.2) is 0 Å². The predicted molar refractivity (Wildman–Crippen MR) is 82.3 cm³/mol. The Morgan fingerprint density at radius 2 is 1.89 bits per heavy atom. The van der Waals surface area contributed by atoms with Crippen LogP contribution >= 0.6 is 22.9 Å². The minimum Gasteiger partial charge on any atom is -0.489 e. The van der Waals surface area contributed by atoms with Gasteiger partial charge in [0.25, 0.3) is 0 Å². The SMILES string of the molecule is Cc1ccc2scc(COc3ccc(Cl)cc3)c2c1. The molecule has 0 aliphatic heterocycles. The van der Waals surface area contributed by atoms with Gasteiger partial charge in [0.15, 0.2) is 0 Å². The molecule has 3 aromatic rings. The summed E-state index contributed by atoms with van der Waals surface area (Å²) in [6, 6.07) is 14.0. The first-order chi connectivity index (χ1) is 9.22. The number of hydrogen-bond acceptors (Lipinski definition) is 2. The Bertz CT molecular complexity index is 700. The topological polar surface area (TPSA) is 9.23 Å². The summed E-state index contributed by atoms with van der Waals surface area (Å²) in [6.07, 6.45) is 0. The van der Waals surface area contributed by atoms with Crippen LogP contribution in [0, 0.1) is 6.92 Å². The molecule has 2 aromatic carbocycles. The van der Waals surface area contributed by atoms with Gasteiger partial charge in [0.05, 0.1) is 0 Å². The third-order valence-corrected chi connectivity index (χ3v) is 4.28. The summed E-state index contributed by atoms with van der Waals surface area (Å²) in [5.74, 6) is 0.844. The number of hydrogen-bond donors (Lipinski definition) is 0. The van der Waals surface area contributed by atoms with Crippen LogP contribution < -0.4 is 4.74 Å². The second-order valence-electron chi connectivity index (χ2n) is 4.50. The molecule has 0 saturated carbocycles. The van der Waals surface area contributed by atoms with Crippen molar-refractivity contribution in [1.82, 2.24) is 0 Å². The quantitative estimate of drug-likeness (QED) is 0.623. The lowest BCUT2D eigenvalue weighted by Gasteiger charge is -2.05. The Hall–Kier alpha value is -1.51. The van der Waals surface area contributed by atoms with Gasteiger partial charge in [-0.3, -0.25) is 0 Å². The Labute approximate surface area is 121 Å². The molecule has 1 aromatic heterocycles. The number of ether oxygens (including phenoxy) is 1. The van der Waals surface area contributed by atoms with Crippen LogP contribution in [-0.2, 0) is 6.61 Å². The zero-order valence-electron chi connectivity index (χ0n) is 10.5. The minimum absolute atomic E-state index is 0.588. The molecule has 0 amide bonds. The van der Waals surface area contributed by atoms with Gasteiger partial charge < -0.3 is 4.74 Å². The van der Waals surface area contributed by atoms with E-state index in [9.17, 15) is 0 Å². The van der Waals surface area contributed by atoms with E-state index in [1.807, 2.05) is 24.3 Å². The van der Waals surface area contributed by atoms with Crippen molar-refractivity contribution >= 4 is 33.0 Å². The minimum atomic E-state index is 0.588. The van der Waals surface area contributed by atoms with E-state index in [0.717, 1.165) is 10.8 Å². The van der Waals surface area contributed by atoms with E-state index < -0.39 is 0 Å². The molecule has 0 atom stereocenters. The van der Waals surface area contributed by atoms with Gasteiger partial charge in [0, 0.05) is 15.3 Å². The van der Waals surface area contributed by atoms with Crippen LogP contribution in [0.4, 0.5) is 0 Å². The van der Waals surface area contributed by atoms with Crippen molar-refractivity contribution in [1.29, 1.82) is 0 Å². The summed E-state index contributed by atoms with van der Waals surface area (Å²) in [5.41, 5.74) is 2.51. The van der Waals surface area contributed by atoms with E-state index in [2.05, 4.69) is 30.5 Å². The molecular weight excluding hydrogens is 276 g/mol. The highest BCUT2D eigenvalue weighted by Gasteiger charge is 2.05. The van der Waals surface area contributed by atoms with Crippen molar-refractivity contribution in [3.05, 3.63) is 64.0 Å². The average molecular weight is 289 g/mol. The maximum absolute atomic E-state index is 5.85. The second kappa shape index (κ2) is 5.24. The van der Waals surface area contributed by atoms with Crippen molar-refractivity contribution in [2.75, 3.05) is 0 Å². The zero-order chi connectivity index (χ0) is 13.2. The standard InChI is InChI=1S/C16H13ClOS/c1-11-2-7-16-15(8-11)12(10-19-16)9-18-14-5-3-13(17)4-6-14/h2-8,10H,9H2,1H3. The molecule has 3 rings (SSSR count). The molecule has 0 unspecified atom stereocenters. The fraction of sp³-hybridized carbons (Fsp3) is 0.125. The Morgan fingerprint density at radius 3 is 2.68 bits per heavy atom. The molecule has 0 radical (unpaired) electrons. The normalized spacial score (nSPS) is 10.8. The van der Waals surface area contributed by atoms with Crippen LogP contribution in [0.25, 0.3) is 10.1 Å². The van der Waals surface area contributed by atoms with E-state index >= 15 is 0 Å². The van der Waals surface area contributed by atoms with Crippen molar-refractivity contribution in [3.8, 4) is 5.75 Å². The van der Waals surface area contributed by atoms with Crippen LogP contribution in [0.2, 0.25) is 5.02 Å². The van der Waals surface area contributed by atoms with Gasteiger partial charge in [-0.15, -0.1) is 11.3 Å². The fourth-order valence-electron chi connectivity index (χ4n) is 2.00. The van der Waals surface area contributed by atoms with Crippen LogP contribution in [0.5, 0.6) is 5.75 Å². The molecule has 0 spiro atoms. The molecule has 1 heterocycles. The average Bonchev–Trinajstić information content (AvgIpc) is 2.80. The monoisotopic (exact) mass is 288 g/mol. The van der Waals surface area contributed by atoms with E-state index in [1.54, 1.807) is 11.3 Å². The zero-order valence-corrected chi connectivity index (χ0v) is 12.1. The highest BCUT2D eigenvalue weighted by atomic mass is 35.5. The highest BCUT2D eigenvalue weighted by Crippen LogP contribution is 2.28. The summed E-state index contributed by atoms with van der Waals surface area (Å²) in [6.45, 7) is 2.70. The number of aryl methyl sites for hydroxylation is 1. The van der Waals surface area contributed by atoms with Gasteiger partial charge in [-0.1, -0.05) is 29.3 Å². The van der Waals surface area contributed by atoms with Gasteiger partial charge in [-0.05, 0) is 48.0 Å². The van der Waals surface area contributed by atoms with Crippen molar-refractivity contribution in [3.63, 3.8) is 0 Å². The third-order valence-electron chi connectivity index (χ3n) is 3.02. The first kappa shape index (κ1) is 12.5. The first-order valence-electron chi connectivity index (χ1n) is 6.07. The summed E-state index contributed by atoms with van der Waals surface area (Å²) in [4.78, 5) is 0. The van der Waals surface area contributed by atoms with Gasteiger partial charge in [0.2, 0.25) is 0 Å². The largest absolute Gasteiger partial charge is 0.489 e. The number of benzene rings is 2.